The van der Waals surface area contributed by atoms with Crippen LogP contribution in [0.2, 0.25) is 0 Å². The Bertz CT molecular complexity index is 412. The van der Waals surface area contributed by atoms with Crippen LogP contribution in [-0.2, 0) is 0 Å². The lowest BCUT2D eigenvalue weighted by atomic mass is 10.1. The normalized spacial score (nSPS) is 10.4. The number of rotatable bonds is 8. The summed E-state index contributed by atoms with van der Waals surface area (Å²) in [5.41, 5.74) is 5.81. The van der Waals surface area contributed by atoms with Crippen molar-refractivity contribution in [2.45, 2.75) is 25.7 Å². The number of nitrogens with two attached hydrogens (primary N) is 1. The molecular weight excluding hydrogens is 263 g/mol. The fourth-order valence-corrected chi connectivity index (χ4v) is 2.23. The average Bonchev–Trinajstić information content (AvgIpc) is 2.37. The zero-order chi connectivity index (χ0) is 14.1. The van der Waals surface area contributed by atoms with E-state index in [0.29, 0.717) is 12.2 Å². The van der Waals surface area contributed by atoms with E-state index >= 15 is 0 Å². The molecule has 3 nitrogen and oxygen atoms in total. The minimum absolute atomic E-state index is 0.0524. The van der Waals surface area contributed by atoms with E-state index in [9.17, 15) is 9.18 Å². The number of unbranched alkanes of at least 4 members (excludes halogenated alkanes) is 3. The zero-order valence-corrected chi connectivity index (χ0v) is 12.1. The molecule has 0 unspecified atom stereocenters. The zero-order valence-electron chi connectivity index (χ0n) is 11.2. The van der Waals surface area contributed by atoms with Crippen molar-refractivity contribution in [1.29, 1.82) is 0 Å². The van der Waals surface area contributed by atoms with E-state index in [1.807, 2.05) is 11.8 Å². The van der Waals surface area contributed by atoms with E-state index in [1.165, 1.54) is 30.7 Å². The van der Waals surface area contributed by atoms with Crippen LogP contribution in [0.15, 0.2) is 18.2 Å². The third kappa shape index (κ3) is 5.96. The van der Waals surface area contributed by atoms with Gasteiger partial charge in [-0.25, -0.2) is 4.39 Å². The number of benzene rings is 1. The summed E-state index contributed by atoms with van der Waals surface area (Å²) in [6.07, 6.45) is 6.50. The lowest BCUT2D eigenvalue weighted by molar-refractivity contribution is 0.0949. The van der Waals surface area contributed by atoms with Crippen molar-refractivity contribution >= 4 is 23.4 Å². The van der Waals surface area contributed by atoms with Gasteiger partial charge in [0, 0.05) is 12.2 Å². The molecule has 1 rings (SSSR count). The molecule has 0 radical (unpaired) electrons. The molecule has 0 aliphatic carbocycles. The molecule has 0 aliphatic heterocycles. The van der Waals surface area contributed by atoms with Crippen molar-refractivity contribution in [2.75, 3.05) is 24.3 Å². The van der Waals surface area contributed by atoms with Gasteiger partial charge >= 0.3 is 0 Å². The number of hydrogen-bond acceptors (Lipinski definition) is 3. The Morgan fingerprint density at radius 1 is 1.32 bits per heavy atom. The first-order valence-electron chi connectivity index (χ1n) is 6.47. The van der Waals surface area contributed by atoms with Gasteiger partial charge in [0.25, 0.3) is 5.91 Å². The highest BCUT2D eigenvalue weighted by Crippen LogP contribution is 2.11. The van der Waals surface area contributed by atoms with Crippen LogP contribution >= 0.6 is 11.8 Å². The van der Waals surface area contributed by atoms with E-state index in [2.05, 4.69) is 11.6 Å². The van der Waals surface area contributed by atoms with Crippen LogP contribution in [-0.4, -0.2) is 24.5 Å². The Balaban J connectivity index is 2.24. The summed E-state index contributed by atoms with van der Waals surface area (Å²) in [4.78, 5) is 11.7. The van der Waals surface area contributed by atoms with Gasteiger partial charge in [-0.2, -0.15) is 11.8 Å². The Morgan fingerprint density at radius 2 is 2.05 bits per heavy atom. The van der Waals surface area contributed by atoms with Gasteiger partial charge in [0.15, 0.2) is 0 Å². The Morgan fingerprint density at radius 3 is 2.74 bits per heavy atom. The molecule has 0 atom stereocenters. The van der Waals surface area contributed by atoms with Gasteiger partial charge in [0.1, 0.15) is 5.82 Å². The first-order chi connectivity index (χ1) is 9.15. The molecule has 5 heteroatoms. The van der Waals surface area contributed by atoms with Crippen molar-refractivity contribution in [1.82, 2.24) is 5.32 Å². The number of hydrogen-bond donors (Lipinski definition) is 2. The number of nitrogens with one attached hydrogen (secondary N) is 1. The predicted molar refractivity (Wildman–Crippen MR) is 80.0 cm³/mol. The van der Waals surface area contributed by atoms with E-state index in [-0.39, 0.29) is 11.5 Å². The Labute approximate surface area is 118 Å². The van der Waals surface area contributed by atoms with Crippen LogP contribution < -0.4 is 11.1 Å². The summed E-state index contributed by atoms with van der Waals surface area (Å²) in [7, 11) is 0. The van der Waals surface area contributed by atoms with Crippen LogP contribution in [0.3, 0.4) is 0 Å². The van der Waals surface area contributed by atoms with Gasteiger partial charge in [0.2, 0.25) is 0 Å². The van der Waals surface area contributed by atoms with Gasteiger partial charge < -0.3 is 11.1 Å². The molecule has 106 valence electrons. The van der Waals surface area contributed by atoms with E-state index in [1.54, 1.807) is 0 Å². The van der Waals surface area contributed by atoms with Crippen LogP contribution in [0.1, 0.15) is 36.0 Å². The second-order valence-corrected chi connectivity index (χ2v) is 5.39. The molecule has 0 spiro atoms. The fraction of sp³-hybridized carbons (Fsp3) is 0.500. The maximum absolute atomic E-state index is 13.5. The first-order valence-corrected chi connectivity index (χ1v) is 7.86. The minimum Gasteiger partial charge on any atom is -0.399 e. The van der Waals surface area contributed by atoms with E-state index in [0.717, 1.165) is 18.9 Å². The minimum atomic E-state index is -0.572. The standard InChI is InChI=1S/C14H21FN2OS/c1-19-9-5-3-2-4-8-17-14(18)12-7-6-11(16)10-13(12)15/h6-7,10H,2-5,8-9,16H2,1H3,(H,17,18). The van der Waals surface area contributed by atoms with Crippen LogP contribution in [0.25, 0.3) is 0 Å². The maximum Gasteiger partial charge on any atom is 0.254 e. The van der Waals surface area contributed by atoms with Crippen LogP contribution in [0.4, 0.5) is 10.1 Å². The van der Waals surface area contributed by atoms with E-state index < -0.39 is 5.82 Å². The third-order valence-corrected chi connectivity index (χ3v) is 3.50. The number of carbonyl (C=O) groups is 1. The molecule has 0 heterocycles. The van der Waals surface area contributed by atoms with Gasteiger partial charge in [0.05, 0.1) is 5.56 Å². The lowest BCUT2D eigenvalue weighted by Gasteiger charge is -2.06. The summed E-state index contributed by atoms with van der Waals surface area (Å²) in [6, 6.07) is 4.11. The Hall–Kier alpha value is -1.23. The number of thioether (sulfide) groups is 1. The molecule has 1 amide bonds. The largest absolute Gasteiger partial charge is 0.399 e. The summed E-state index contributed by atoms with van der Waals surface area (Å²) in [5, 5.41) is 2.73. The molecular formula is C14H21FN2OS. The molecule has 0 saturated heterocycles. The smallest absolute Gasteiger partial charge is 0.254 e. The molecule has 1 aromatic rings. The Kier molecular flexibility index (Phi) is 7.33. The molecule has 0 saturated carbocycles. The van der Waals surface area contributed by atoms with Crippen molar-refractivity contribution in [3.63, 3.8) is 0 Å². The highest BCUT2D eigenvalue weighted by molar-refractivity contribution is 7.98. The van der Waals surface area contributed by atoms with Crippen molar-refractivity contribution in [3.8, 4) is 0 Å². The fourth-order valence-electron chi connectivity index (χ4n) is 1.74. The number of amides is 1. The highest BCUT2D eigenvalue weighted by Gasteiger charge is 2.10. The third-order valence-electron chi connectivity index (χ3n) is 2.80. The van der Waals surface area contributed by atoms with Gasteiger partial charge in [-0.15, -0.1) is 0 Å². The number of nitrogen functional groups attached to an aromatic ring is 1. The predicted octanol–water partition coefficient (Wildman–Crippen LogP) is 3.06. The summed E-state index contributed by atoms with van der Waals surface area (Å²) in [5.74, 6) is 0.238. The summed E-state index contributed by atoms with van der Waals surface area (Å²) < 4.78 is 13.5. The molecule has 0 fully saturated rings. The SMILES string of the molecule is CSCCCCCCNC(=O)c1ccc(N)cc1F. The summed E-state index contributed by atoms with van der Waals surface area (Å²) >= 11 is 1.85. The van der Waals surface area contributed by atoms with Crippen LogP contribution in [0, 0.1) is 5.82 Å². The van der Waals surface area contributed by atoms with Gasteiger partial charge in [-0.1, -0.05) is 12.8 Å². The van der Waals surface area contributed by atoms with Gasteiger partial charge in [-0.3, -0.25) is 4.79 Å². The number of carbonyl (C=O) groups excluding carboxylic acids is 1. The second-order valence-electron chi connectivity index (χ2n) is 4.40. The number of halogens is 1. The van der Waals surface area contributed by atoms with Crippen molar-refractivity contribution in [3.05, 3.63) is 29.6 Å². The molecule has 0 bridgehead atoms. The molecule has 0 aromatic heterocycles. The second kappa shape index (κ2) is 8.80. The average molecular weight is 284 g/mol. The highest BCUT2D eigenvalue weighted by atomic mass is 32.2. The van der Waals surface area contributed by atoms with Gasteiger partial charge in [-0.05, 0) is 43.0 Å². The van der Waals surface area contributed by atoms with E-state index in [4.69, 9.17) is 5.73 Å². The quantitative estimate of drug-likeness (QED) is 0.570. The van der Waals surface area contributed by atoms with Crippen LogP contribution in [0.5, 0.6) is 0 Å². The van der Waals surface area contributed by atoms with Crippen molar-refractivity contribution < 1.29 is 9.18 Å². The van der Waals surface area contributed by atoms with Crippen molar-refractivity contribution in [2.24, 2.45) is 0 Å². The number of anilines is 1. The molecule has 0 aliphatic rings. The molecule has 3 N–H and O–H groups in total. The topological polar surface area (TPSA) is 55.1 Å². The summed E-state index contributed by atoms with van der Waals surface area (Å²) in [6.45, 7) is 0.585. The maximum atomic E-state index is 13.5. The molecule has 19 heavy (non-hydrogen) atoms. The molecule has 1 aromatic carbocycles. The first kappa shape index (κ1) is 15.8. The monoisotopic (exact) mass is 284 g/mol. The lowest BCUT2D eigenvalue weighted by Crippen LogP contribution is -2.25.